The molecular weight excluding hydrogens is 304 g/mol. The first-order valence-electron chi connectivity index (χ1n) is 8.11. The molecule has 1 heterocycles. The number of carbonyl (C=O) groups is 2. The van der Waals surface area contributed by atoms with Crippen LogP contribution in [0.25, 0.3) is 0 Å². The van der Waals surface area contributed by atoms with Crippen molar-refractivity contribution >= 4 is 23.2 Å². The van der Waals surface area contributed by atoms with Crippen LogP contribution in [0.3, 0.4) is 0 Å². The third-order valence-electron chi connectivity index (χ3n) is 3.85. The summed E-state index contributed by atoms with van der Waals surface area (Å²) < 4.78 is 5.71. The molecule has 5 heteroatoms. The van der Waals surface area contributed by atoms with E-state index in [1.165, 1.54) is 0 Å². The van der Waals surface area contributed by atoms with Crippen molar-refractivity contribution in [1.82, 2.24) is 0 Å². The van der Waals surface area contributed by atoms with Gasteiger partial charge in [0.05, 0.1) is 6.61 Å². The molecule has 0 atom stereocenters. The lowest BCUT2D eigenvalue weighted by atomic mass is 10.0. The summed E-state index contributed by atoms with van der Waals surface area (Å²) in [4.78, 5) is 23.2. The number of hydrogen-bond donors (Lipinski definition) is 2. The van der Waals surface area contributed by atoms with E-state index in [1.807, 2.05) is 48.5 Å². The molecule has 2 aromatic carbocycles. The van der Waals surface area contributed by atoms with Gasteiger partial charge in [-0.25, -0.2) is 0 Å². The maximum Gasteiger partial charge on any atom is 0.224 e. The number of benzene rings is 2. The minimum atomic E-state index is -0.0158. The van der Waals surface area contributed by atoms with Gasteiger partial charge in [-0.15, -0.1) is 0 Å². The quantitative estimate of drug-likeness (QED) is 0.801. The number of aryl methyl sites for hydroxylation is 1. The summed E-state index contributed by atoms with van der Waals surface area (Å²) in [6.45, 7) is 0.480. The molecular formula is C19H20N2O3. The third-order valence-corrected chi connectivity index (χ3v) is 3.85. The molecule has 2 N–H and O–H groups in total. The number of rotatable bonds is 6. The summed E-state index contributed by atoms with van der Waals surface area (Å²) in [6.07, 6.45) is 2.30. The summed E-state index contributed by atoms with van der Waals surface area (Å²) in [5, 5.41) is 5.70. The van der Waals surface area contributed by atoms with Gasteiger partial charge in [-0.3, -0.25) is 9.59 Å². The van der Waals surface area contributed by atoms with Gasteiger partial charge in [0.25, 0.3) is 0 Å². The average molecular weight is 324 g/mol. The maximum atomic E-state index is 11.8. The fourth-order valence-corrected chi connectivity index (χ4v) is 2.62. The Balaban J connectivity index is 1.42. The van der Waals surface area contributed by atoms with E-state index in [0.29, 0.717) is 25.9 Å². The van der Waals surface area contributed by atoms with E-state index in [4.69, 9.17) is 4.74 Å². The van der Waals surface area contributed by atoms with Crippen molar-refractivity contribution in [2.24, 2.45) is 0 Å². The Kier molecular flexibility index (Phi) is 5.11. The second-order valence-electron chi connectivity index (χ2n) is 5.73. The Morgan fingerprint density at radius 2 is 1.96 bits per heavy atom. The number of nitrogens with one attached hydrogen (secondary N) is 2. The van der Waals surface area contributed by atoms with Gasteiger partial charge >= 0.3 is 0 Å². The van der Waals surface area contributed by atoms with Crippen LogP contribution in [0.2, 0.25) is 0 Å². The normalized spacial score (nSPS) is 12.9. The first kappa shape index (κ1) is 16.1. The van der Waals surface area contributed by atoms with Crippen LogP contribution in [0.15, 0.2) is 48.5 Å². The molecule has 0 unspecified atom stereocenters. The zero-order chi connectivity index (χ0) is 16.8. The molecule has 0 saturated carbocycles. The Hall–Kier alpha value is -2.82. The molecule has 24 heavy (non-hydrogen) atoms. The third kappa shape index (κ3) is 4.35. The van der Waals surface area contributed by atoms with E-state index >= 15 is 0 Å². The smallest absolute Gasteiger partial charge is 0.224 e. The molecule has 0 aromatic heterocycles. The van der Waals surface area contributed by atoms with E-state index in [0.717, 1.165) is 29.1 Å². The van der Waals surface area contributed by atoms with E-state index < -0.39 is 0 Å². The lowest BCUT2D eigenvalue weighted by Gasteiger charge is -2.17. The molecule has 0 radical (unpaired) electrons. The van der Waals surface area contributed by atoms with E-state index in [1.54, 1.807) is 0 Å². The van der Waals surface area contributed by atoms with Crippen molar-refractivity contribution in [2.75, 3.05) is 17.2 Å². The van der Waals surface area contributed by atoms with Gasteiger partial charge in [0.15, 0.2) is 0 Å². The highest BCUT2D eigenvalue weighted by molar-refractivity contribution is 5.94. The standard InChI is InChI=1S/C19H20N2O3/c22-18(20-15-5-2-1-3-6-15)7-4-12-24-16-9-10-17-14(13-16)8-11-19(23)21-17/h1-3,5-6,9-10,13H,4,7-8,11-12H2,(H,20,22)(H,21,23). The number of carbonyl (C=O) groups excluding carboxylic acids is 2. The van der Waals surface area contributed by atoms with Crippen molar-refractivity contribution in [3.8, 4) is 5.75 Å². The van der Waals surface area contributed by atoms with Gasteiger partial charge in [-0.1, -0.05) is 18.2 Å². The Labute approximate surface area is 141 Å². The number of anilines is 2. The second-order valence-corrected chi connectivity index (χ2v) is 5.73. The highest BCUT2D eigenvalue weighted by atomic mass is 16.5. The zero-order valence-corrected chi connectivity index (χ0v) is 13.4. The molecule has 5 nitrogen and oxygen atoms in total. The Bertz CT molecular complexity index is 729. The first-order valence-corrected chi connectivity index (χ1v) is 8.11. The van der Waals surface area contributed by atoms with Gasteiger partial charge in [0.2, 0.25) is 11.8 Å². The van der Waals surface area contributed by atoms with Crippen LogP contribution >= 0.6 is 0 Å². The summed E-state index contributed by atoms with van der Waals surface area (Å²) in [5.41, 5.74) is 2.76. The van der Waals surface area contributed by atoms with Gasteiger partial charge in [0.1, 0.15) is 5.75 Å². The Morgan fingerprint density at radius 3 is 2.79 bits per heavy atom. The molecule has 124 valence electrons. The largest absolute Gasteiger partial charge is 0.494 e. The minimum Gasteiger partial charge on any atom is -0.494 e. The fourth-order valence-electron chi connectivity index (χ4n) is 2.62. The van der Waals surface area contributed by atoms with Gasteiger partial charge in [0, 0.05) is 24.2 Å². The fraction of sp³-hybridized carbons (Fsp3) is 0.263. The predicted molar refractivity (Wildman–Crippen MR) is 93.2 cm³/mol. The summed E-state index contributed by atoms with van der Waals surface area (Å²) in [7, 11) is 0. The molecule has 0 fully saturated rings. The topological polar surface area (TPSA) is 67.4 Å². The summed E-state index contributed by atoms with van der Waals surface area (Å²) in [6, 6.07) is 15.1. The average Bonchev–Trinajstić information content (AvgIpc) is 2.59. The van der Waals surface area contributed by atoms with Crippen LogP contribution in [0, 0.1) is 0 Å². The van der Waals surface area contributed by atoms with Crippen LogP contribution in [-0.2, 0) is 16.0 Å². The van der Waals surface area contributed by atoms with Gasteiger partial charge < -0.3 is 15.4 Å². The van der Waals surface area contributed by atoms with Crippen molar-refractivity contribution in [3.63, 3.8) is 0 Å². The number of hydrogen-bond acceptors (Lipinski definition) is 3. The number of amides is 2. The maximum absolute atomic E-state index is 11.8. The molecule has 2 amide bonds. The molecule has 0 saturated heterocycles. The van der Waals surface area contributed by atoms with Crippen LogP contribution in [0.4, 0.5) is 11.4 Å². The monoisotopic (exact) mass is 324 g/mol. The first-order chi connectivity index (χ1) is 11.7. The number of fused-ring (bicyclic) bond motifs is 1. The molecule has 1 aliphatic heterocycles. The van der Waals surface area contributed by atoms with Crippen molar-refractivity contribution in [3.05, 3.63) is 54.1 Å². The lowest BCUT2D eigenvalue weighted by Crippen LogP contribution is -2.18. The van der Waals surface area contributed by atoms with Crippen LogP contribution in [0.1, 0.15) is 24.8 Å². The molecule has 3 rings (SSSR count). The van der Waals surface area contributed by atoms with Crippen LogP contribution in [0.5, 0.6) is 5.75 Å². The Morgan fingerprint density at radius 1 is 1.12 bits per heavy atom. The van der Waals surface area contributed by atoms with Crippen molar-refractivity contribution < 1.29 is 14.3 Å². The number of ether oxygens (including phenoxy) is 1. The van der Waals surface area contributed by atoms with Crippen molar-refractivity contribution in [2.45, 2.75) is 25.7 Å². The van der Waals surface area contributed by atoms with E-state index in [9.17, 15) is 9.59 Å². The molecule has 0 aliphatic carbocycles. The molecule has 2 aromatic rings. The van der Waals surface area contributed by atoms with Crippen LogP contribution < -0.4 is 15.4 Å². The highest BCUT2D eigenvalue weighted by Crippen LogP contribution is 2.26. The molecule has 0 bridgehead atoms. The zero-order valence-electron chi connectivity index (χ0n) is 13.4. The lowest BCUT2D eigenvalue weighted by molar-refractivity contribution is -0.117. The predicted octanol–water partition coefficient (Wildman–Crippen LogP) is 3.37. The van der Waals surface area contributed by atoms with E-state index in [2.05, 4.69) is 10.6 Å². The van der Waals surface area contributed by atoms with E-state index in [-0.39, 0.29) is 11.8 Å². The second kappa shape index (κ2) is 7.64. The van der Waals surface area contributed by atoms with Crippen LogP contribution in [-0.4, -0.2) is 18.4 Å². The van der Waals surface area contributed by atoms with Gasteiger partial charge in [-0.05, 0) is 48.7 Å². The number of para-hydroxylation sites is 1. The minimum absolute atomic E-state index is 0.0158. The highest BCUT2D eigenvalue weighted by Gasteiger charge is 2.15. The van der Waals surface area contributed by atoms with Crippen molar-refractivity contribution in [1.29, 1.82) is 0 Å². The van der Waals surface area contributed by atoms with Gasteiger partial charge in [-0.2, -0.15) is 0 Å². The summed E-state index contributed by atoms with van der Waals surface area (Å²) in [5.74, 6) is 0.812. The molecule has 1 aliphatic rings. The SMILES string of the molecule is O=C(CCCOc1ccc2c(c1)CCC(=O)N2)Nc1ccccc1. The summed E-state index contributed by atoms with van der Waals surface area (Å²) >= 11 is 0. The molecule has 0 spiro atoms.